The number of aromatic nitrogens is 6. The SMILES string of the molecule is CC(O)c1nc(CC(O)c2nccn2Cc2nc3ccccc3[nH]c2=O)cn1Cc1ccccc1O. The fourth-order valence-corrected chi connectivity index (χ4v) is 4.25. The van der Waals surface area contributed by atoms with Gasteiger partial charge in [0.2, 0.25) is 0 Å². The summed E-state index contributed by atoms with van der Waals surface area (Å²) in [7, 11) is 0. The van der Waals surface area contributed by atoms with Crippen molar-refractivity contribution in [2.75, 3.05) is 0 Å². The van der Waals surface area contributed by atoms with Gasteiger partial charge >= 0.3 is 0 Å². The molecule has 10 nitrogen and oxygen atoms in total. The fourth-order valence-electron chi connectivity index (χ4n) is 4.25. The number of nitrogens with one attached hydrogen (secondary N) is 1. The van der Waals surface area contributed by atoms with Crippen molar-refractivity contribution in [1.29, 1.82) is 0 Å². The second-order valence-electron chi connectivity index (χ2n) is 8.69. The number of rotatable bonds is 8. The van der Waals surface area contributed by atoms with E-state index in [1.807, 2.05) is 24.3 Å². The number of aromatic amines is 1. The Morgan fingerprint density at radius 2 is 1.75 bits per heavy atom. The van der Waals surface area contributed by atoms with Gasteiger partial charge in [0.25, 0.3) is 5.56 Å². The molecular formula is C26H26N6O4. The summed E-state index contributed by atoms with van der Waals surface area (Å²) in [4.78, 5) is 28.7. The zero-order valence-corrected chi connectivity index (χ0v) is 19.6. The van der Waals surface area contributed by atoms with Crippen molar-refractivity contribution in [3.05, 3.63) is 106 Å². The molecular weight excluding hydrogens is 460 g/mol. The summed E-state index contributed by atoms with van der Waals surface area (Å²) in [5.74, 6) is 0.956. The quantitative estimate of drug-likeness (QED) is 0.264. The lowest BCUT2D eigenvalue weighted by molar-refractivity contribution is 0.162. The Labute approximate surface area is 206 Å². The monoisotopic (exact) mass is 486 g/mol. The van der Waals surface area contributed by atoms with Crippen LogP contribution in [0.2, 0.25) is 0 Å². The van der Waals surface area contributed by atoms with E-state index < -0.39 is 12.2 Å². The molecule has 3 heterocycles. The zero-order chi connectivity index (χ0) is 25.2. The van der Waals surface area contributed by atoms with Gasteiger partial charge in [-0.25, -0.2) is 15.0 Å². The van der Waals surface area contributed by atoms with Crippen molar-refractivity contribution in [2.24, 2.45) is 0 Å². The summed E-state index contributed by atoms with van der Waals surface area (Å²) < 4.78 is 3.44. The molecule has 0 saturated carbocycles. The van der Waals surface area contributed by atoms with E-state index in [0.717, 1.165) is 0 Å². The van der Waals surface area contributed by atoms with Crippen LogP contribution in [0.1, 0.15) is 47.7 Å². The van der Waals surface area contributed by atoms with Crippen molar-refractivity contribution in [3.8, 4) is 5.75 Å². The number of hydrogen-bond donors (Lipinski definition) is 4. The van der Waals surface area contributed by atoms with Crippen LogP contribution in [0.5, 0.6) is 5.75 Å². The largest absolute Gasteiger partial charge is 0.508 e. The second kappa shape index (κ2) is 9.76. The molecule has 36 heavy (non-hydrogen) atoms. The van der Waals surface area contributed by atoms with E-state index in [1.165, 1.54) is 0 Å². The number of phenols is 1. The van der Waals surface area contributed by atoms with Crippen LogP contribution in [0.25, 0.3) is 11.0 Å². The molecule has 10 heteroatoms. The first kappa shape index (κ1) is 23.5. The Morgan fingerprint density at radius 3 is 2.56 bits per heavy atom. The molecule has 0 saturated heterocycles. The van der Waals surface area contributed by atoms with E-state index in [4.69, 9.17) is 0 Å². The van der Waals surface area contributed by atoms with E-state index >= 15 is 0 Å². The molecule has 0 aliphatic carbocycles. The average Bonchev–Trinajstić information content (AvgIpc) is 3.48. The lowest BCUT2D eigenvalue weighted by Gasteiger charge is -2.12. The second-order valence-corrected chi connectivity index (χ2v) is 8.69. The molecule has 0 amide bonds. The molecule has 2 atom stereocenters. The van der Waals surface area contributed by atoms with Gasteiger partial charge in [-0.2, -0.15) is 0 Å². The van der Waals surface area contributed by atoms with Gasteiger partial charge < -0.3 is 29.4 Å². The van der Waals surface area contributed by atoms with Gasteiger partial charge in [-0.05, 0) is 25.1 Å². The van der Waals surface area contributed by atoms with Gasteiger partial charge in [-0.15, -0.1) is 0 Å². The first-order valence-corrected chi connectivity index (χ1v) is 11.6. The van der Waals surface area contributed by atoms with Crippen LogP contribution in [0, 0.1) is 0 Å². The minimum atomic E-state index is -1.00. The van der Waals surface area contributed by atoms with Crippen LogP contribution in [-0.2, 0) is 19.5 Å². The van der Waals surface area contributed by atoms with Crippen molar-refractivity contribution in [3.63, 3.8) is 0 Å². The molecule has 0 fully saturated rings. The van der Waals surface area contributed by atoms with E-state index in [2.05, 4.69) is 19.9 Å². The van der Waals surface area contributed by atoms with E-state index in [0.29, 0.717) is 46.2 Å². The summed E-state index contributed by atoms with van der Waals surface area (Å²) in [5.41, 5.74) is 2.59. The molecule has 2 aromatic carbocycles. The zero-order valence-electron chi connectivity index (χ0n) is 19.6. The highest BCUT2D eigenvalue weighted by Gasteiger charge is 2.20. The smallest absolute Gasteiger partial charge is 0.272 e. The lowest BCUT2D eigenvalue weighted by atomic mass is 10.2. The van der Waals surface area contributed by atoms with Gasteiger partial charge in [-0.1, -0.05) is 30.3 Å². The van der Waals surface area contributed by atoms with Crippen molar-refractivity contribution >= 4 is 11.0 Å². The number of imidazole rings is 2. The molecule has 5 aromatic rings. The maximum absolute atomic E-state index is 12.5. The number of H-pyrrole nitrogens is 1. The van der Waals surface area contributed by atoms with E-state index in [1.54, 1.807) is 58.9 Å². The van der Waals surface area contributed by atoms with Gasteiger partial charge in [-0.3, -0.25) is 4.79 Å². The van der Waals surface area contributed by atoms with E-state index in [9.17, 15) is 20.1 Å². The van der Waals surface area contributed by atoms with Crippen LogP contribution in [0.4, 0.5) is 0 Å². The molecule has 184 valence electrons. The molecule has 0 aliphatic heterocycles. The number of benzene rings is 2. The summed E-state index contributed by atoms with van der Waals surface area (Å²) in [6, 6.07) is 14.3. The highest BCUT2D eigenvalue weighted by Crippen LogP contribution is 2.23. The third-order valence-electron chi connectivity index (χ3n) is 6.00. The fraction of sp³-hybridized carbons (Fsp3) is 0.231. The molecule has 0 radical (unpaired) electrons. The van der Waals surface area contributed by atoms with Crippen molar-refractivity contribution in [2.45, 2.75) is 38.6 Å². The molecule has 0 spiro atoms. The number of para-hydroxylation sites is 3. The highest BCUT2D eigenvalue weighted by atomic mass is 16.3. The maximum atomic E-state index is 12.5. The van der Waals surface area contributed by atoms with Crippen LogP contribution in [0.3, 0.4) is 0 Å². The first-order valence-electron chi connectivity index (χ1n) is 11.6. The third kappa shape index (κ3) is 4.77. The number of aliphatic hydroxyl groups is 2. The minimum Gasteiger partial charge on any atom is -0.508 e. The van der Waals surface area contributed by atoms with Crippen LogP contribution in [-0.4, -0.2) is 44.4 Å². The van der Waals surface area contributed by atoms with Gasteiger partial charge in [0.05, 0.1) is 29.8 Å². The Bertz CT molecular complexity index is 1570. The number of nitrogens with zero attached hydrogens (tertiary/aromatic N) is 5. The normalized spacial score (nSPS) is 13.2. The van der Waals surface area contributed by atoms with Crippen LogP contribution >= 0.6 is 0 Å². The number of aliphatic hydroxyl groups excluding tert-OH is 2. The Kier molecular flexibility index (Phi) is 6.36. The van der Waals surface area contributed by atoms with E-state index in [-0.39, 0.29) is 24.3 Å². The molecule has 3 aromatic heterocycles. The van der Waals surface area contributed by atoms with Crippen molar-refractivity contribution in [1.82, 2.24) is 29.1 Å². The number of fused-ring (bicyclic) bond motifs is 1. The molecule has 2 unspecified atom stereocenters. The highest BCUT2D eigenvalue weighted by molar-refractivity contribution is 5.73. The molecule has 4 N–H and O–H groups in total. The number of phenolic OH excluding ortho intramolecular Hbond substituents is 1. The molecule has 0 aliphatic rings. The molecule has 5 rings (SSSR count). The number of hydrogen-bond acceptors (Lipinski definition) is 7. The Morgan fingerprint density at radius 1 is 0.972 bits per heavy atom. The summed E-state index contributed by atoms with van der Waals surface area (Å²) in [6.45, 7) is 2.08. The van der Waals surface area contributed by atoms with Gasteiger partial charge in [0.1, 0.15) is 35.3 Å². The third-order valence-corrected chi connectivity index (χ3v) is 6.00. The topological polar surface area (TPSA) is 142 Å². The van der Waals surface area contributed by atoms with Gasteiger partial charge in [0, 0.05) is 30.6 Å². The lowest BCUT2D eigenvalue weighted by Crippen LogP contribution is -2.20. The Balaban J connectivity index is 1.37. The standard InChI is InChI=1S/C26H26N6O4/c1-16(33)24-28-18(14-32(24)13-17-6-2-5-9-22(17)34)12-23(35)25-27-10-11-31(25)15-21-26(36)30-20-8-4-3-7-19(20)29-21/h2-11,14,16,23,33-35H,12-13,15H2,1H3,(H,30,36). The van der Waals surface area contributed by atoms with Crippen LogP contribution < -0.4 is 5.56 Å². The predicted octanol–water partition coefficient (Wildman–Crippen LogP) is 2.45. The van der Waals surface area contributed by atoms with Crippen molar-refractivity contribution < 1.29 is 15.3 Å². The first-order chi connectivity index (χ1) is 17.4. The van der Waals surface area contributed by atoms with Crippen LogP contribution in [0.15, 0.2) is 71.9 Å². The Hall–Kier alpha value is -4.28. The number of aromatic hydroxyl groups is 1. The predicted molar refractivity (Wildman–Crippen MR) is 132 cm³/mol. The van der Waals surface area contributed by atoms with Gasteiger partial charge in [0.15, 0.2) is 0 Å². The summed E-state index contributed by atoms with van der Waals surface area (Å²) >= 11 is 0. The average molecular weight is 487 g/mol. The minimum absolute atomic E-state index is 0.145. The summed E-state index contributed by atoms with van der Waals surface area (Å²) in [5, 5.41) is 31.4. The summed E-state index contributed by atoms with van der Waals surface area (Å²) in [6.07, 6.45) is 3.30. The maximum Gasteiger partial charge on any atom is 0.272 e. The molecule has 0 bridgehead atoms.